The van der Waals surface area contributed by atoms with Gasteiger partial charge in [0.2, 0.25) is 0 Å². The highest BCUT2D eigenvalue weighted by Crippen LogP contribution is 2.39. The molecule has 3 aromatic heterocycles. The topological polar surface area (TPSA) is 50.7 Å². The molecule has 1 aliphatic rings. The van der Waals surface area contributed by atoms with Crippen molar-refractivity contribution in [3.05, 3.63) is 72.8 Å². The van der Waals surface area contributed by atoms with Crippen LogP contribution in [0.5, 0.6) is 0 Å². The third-order valence-electron chi connectivity index (χ3n) is 4.98. The second kappa shape index (κ2) is 6.09. The zero-order chi connectivity index (χ0) is 17.8. The number of aromatic amines is 1. The molecule has 0 bridgehead atoms. The maximum atomic E-state index is 13.0. The predicted octanol–water partition coefficient (Wildman–Crippen LogP) is 5.06. The van der Waals surface area contributed by atoms with Crippen molar-refractivity contribution in [3.8, 4) is 0 Å². The monoisotopic (exact) mass is 475 g/mol. The average Bonchev–Trinajstić information content (AvgIpc) is 3.40. The van der Waals surface area contributed by atoms with Gasteiger partial charge in [-0.25, -0.2) is 4.98 Å². The highest BCUT2D eigenvalue weighted by Gasteiger charge is 2.23. The van der Waals surface area contributed by atoms with Crippen LogP contribution in [-0.2, 0) is 6.54 Å². The molecule has 6 heteroatoms. The summed E-state index contributed by atoms with van der Waals surface area (Å²) in [5.41, 5.74) is 3.76. The van der Waals surface area contributed by atoms with Crippen molar-refractivity contribution in [1.29, 1.82) is 0 Å². The molecule has 26 heavy (non-hydrogen) atoms. The summed E-state index contributed by atoms with van der Waals surface area (Å²) in [6.45, 7) is 0.555. The maximum absolute atomic E-state index is 13.0. The molecule has 0 radical (unpaired) electrons. The molecule has 5 rings (SSSR count). The lowest BCUT2D eigenvalue weighted by atomic mass is 10.1. The van der Waals surface area contributed by atoms with E-state index in [9.17, 15) is 4.79 Å². The number of H-pyrrole nitrogens is 1. The lowest BCUT2D eigenvalue weighted by molar-refractivity contribution is 0.763. The third kappa shape index (κ3) is 2.74. The van der Waals surface area contributed by atoms with E-state index in [1.807, 2.05) is 12.3 Å². The number of pyridine rings is 2. The normalized spacial score (nSPS) is 14.4. The first-order chi connectivity index (χ1) is 12.6. The Bertz CT molecular complexity index is 1210. The summed E-state index contributed by atoms with van der Waals surface area (Å²) in [6, 6.07) is 10.5. The Kier molecular flexibility index (Phi) is 3.83. The molecule has 0 unspecified atom stereocenters. The molecule has 130 valence electrons. The lowest BCUT2D eigenvalue weighted by Gasteiger charge is -2.08. The fourth-order valence-corrected chi connectivity index (χ4v) is 4.54. The first-order valence-corrected chi connectivity index (χ1v) is 10.0. The predicted molar refractivity (Wildman–Crippen MR) is 113 cm³/mol. The summed E-state index contributed by atoms with van der Waals surface area (Å²) < 4.78 is 2.76. The smallest absolute Gasteiger partial charge is 0.275 e. The summed E-state index contributed by atoms with van der Waals surface area (Å²) >= 11 is 8.36. The molecule has 0 spiro atoms. The van der Waals surface area contributed by atoms with Crippen LogP contribution < -0.4 is 5.56 Å². The van der Waals surface area contributed by atoms with Crippen molar-refractivity contribution in [2.75, 3.05) is 0 Å². The number of hydrogen-bond donors (Lipinski definition) is 1. The van der Waals surface area contributed by atoms with E-state index in [-0.39, 0.29) is 5.56 Å². The number of halogens is 2. The van der Waals surface area contributed by atoms with E-state index < -0.39 is 0 Å². The number of benzene rings is 1. The Hall–Kier alpha value is -1.86. The van der Waals surface area contributed by atoms with Gasteiger partial charge in [-0.1, -0.05) is 35.9 Å². The minimum absolute atomic E-state index is 0.0409. The van der Waals surface area contributed by atoms with E-state index in [0.717, 1.165) is 25.8 Å². The molecule has 4 nitrogen and oxygen atoms in total. The van der Waals surface area contributed by atoms with Gasteiger partial charge in [-0.05, 0) is 58.5 Å². The van der Waals surface area contributed by atoms with Gasteiger partial charge in [-0.3, -0.25) is 4.79 Å². The molecule has 1 fully saturated rings. The van der Waals surface area contributed by atoms with Gasteiger partial charge >= 0.3 is 0 Å². The molecule has 0 aliphatic heterocycles. The van der Waals surface area contributed by atoms with Crippen LogP contribution in [0.1, 0.15) is 29.9 Å². The number of aromatic nitrogens is 3. The van der Waals surface area contributed by atoms with Crippen molar-refractivity contribution in [2.45, 2.75) is 25.3 Å². The number of nitrogens with one attached hydrogen (secondary N) is 1. The standard InChI is InChI=1S/C20H15ClIN3O/c21-14-7-15-17-16(22)10-25(20(26)18(17)24-19(15)23-8-14)9-11-1-3-12(4-2-11)13-5-6-13/h1-4,7-8,10,13H,5-6,9H2,(H,23,24). The van der Waals surface area contributed by atoms with Crippen molar-refractivity contribution in [3.63, 3.8) is 0 Å². The van der Waals surface area contributed by atoms with E-state index in [2.05, 4.69) is 56.8 Å². The number of nitrogens with zero attached hydrogens (tertiary/aromatic N) is 2. The van der Waals surface area contributed by atoms with Crippen molar-refractivity contribution in [1.82, 2.24) is 14.5 Å². The molecular formula is C20H15ClIN3O. The molecule has 3 heterocycles. The summed E-state index contributed by atoms with van der Waals surface area (Å²) in [6.07, 6.45) is 6.10. The highest BCUT2D eigenvalue weighted by atomic mass is 127. The van der Waals surface area contributed by atoms with E-state index in [4.69, 9.17) is 11.6 Å². The fraction of sp³-hybridized carbons (Fsp3) is 0.200. The first kappa shape index (κ1) is 16.3. The Labute approximate surface area is 168 Å². The molecule has 4 aromatic rings. The zero-order valence-electron chi connectivity index (χ0n) is 13.8. The molecule has 1 saturated carbocycles. The molecular weight excluding hydrogens is 461 g/mol. The van der Waals surface area contributed by atoms with Crippen LogP contribution in [0.15, 0.2) is 47.5 Å². The van der Waals surface area contributed by atoms with Gasteiger partial charge in [-0.15, -0.1) is 0 Å². The minimum Gasteiger partial charge on any atom is -0.335 e. The summed E-state index contributed by atoms with van der Waals surface area (Å²) in [4.78, 5) is 20.5. The van der Waals surface area contributed by atoms with Gasteiger partial charge < -0.3 is 9.55 Å². The van der Waals surface area contributed by atoms with E-state index >= 15 is 0 Å². The van der Waals surface area contributed by atoms with Crippen LogP contribution in [0.3, 0.4) is 0 Å². The Balaban J connectivity index is 1.60. The van der Waals surface area contributed by atoms with Crippen LogP contribution in [0.4, 0.5) is 0 Å². The van der Waals surface area contributed by atoms with Crippen LogP contribution in [0, 0.1) is 3.57 Å². The number of hydrogen-bond acceptors (Lipinski definition) is 2. The SMILES string of the molecule is O=c1c2[nH]c3ncc(Cl)cc3c2c(I)cn1Cc1ccc(C2CC2)cc1. The fourth-order valence-electron chi connectivity index (χ4n) is 3.48. The molecule has 0 amide bonds. The summed E-state index contributed by atoms with van der Waals surface area (Å²) in [5, 5.41) is 2.34. The van der Waals surface area contributed by atoms with Crippen molar-refractivity contribution >= 4 is 56.1 Å². The third-order valence-corrected chi connectivity index (χ3v) is 6.01. The van der Waals surface area contributed by atoms with Gasteiger partial charge in [0, 0.05) is 26.7 Å². The van der Waals surface area contributed by atoms with Crippen LogP contribution in [0.2, 0.25) is 5.02 Å². The van der Waals surface area contributed by atoms with Crippen LogP contribution in [0.25, 0.3) is 21.9 Å². The minimum atomic E-state index is -0.0409. The highest BCUT2D eigenvalue weighted by molar-refractivity contribution is 14.1. The van der Waals surface area contributed by atoms with E-state index in [1.54, 1.807) is 10.8 Å². The molecule has 0 atom stereocenters. The Morgan fingerprint density at radius 3 is 2.77 bits per heavy atom. The molecule has 1 N–H and O–H groups in total. The first-order valence-electron chi connectivity index (χ1n) is 8.55. The molecule has 1 aromatic carbocycles. The summed E-state index contributed by atoms with van der Waals surface area (Å²) in [7, 11) is 0. The van der Waals surface area contributed by atoms with Gasteiger partial charge in [0.15, 0.2) is 0 Å². The Morgan fingerprint density at radius 2 is 2.04 bits per heavy atom. The number of rotatable bonds is 3. The van der Waals surface area contributed by atoms with Gasteiger partial charge in [-0.2, -0.15) is 0 Å². The number of fused-ring (bicyclic) bond motifs is 3. The second-order valence-corrected chi connectivity index (χ2v) is 8.45. The van der Waals surface area contributed by atoms with Crippen molar-refractivity contribution < 1.29 is 0 Å². The van der Waals surface area contributed by atoms with E-state index in [0.29, 0.717) is 22.7 Å². The van der Waals surface area contributed by atoms with Crippen LogP contribution >= 0.6 is 34.2 Å². The Morgan fingerprint density at radius 1 is 1.27 bits per heavy atom. The largest absolute Gasteiger partial charge is 0.335 e. The van der Waals surface area contributed by atoms with Gasteiger partial charge in [0.25, 0.3) is 5.56 Å². The van der Waals surface area contributed by atoms with Crippen molar-refractivity contribution in [2.24, 2.45) is 0 Å². The van der Waals surface area contributed by atoms with Crippen LogP contribution in [-0.4, -0.2) is 14.5 Å². The average molecular weight is 476 g/mol. The zero-order valence-corrected chi connectivity index (χ0v) is 16.7. The van der Waals surface area contributed by atoms with E-state index in [1.165, 1.54) is 18.4 Å². The van der Waals surface area contributed by atoms with Gasteiger partial charge in [0.05, 0.1) is 11.6 Å². The molecule has 0 saturated heterocycles. The molecule has 1 aliphatic carbocycles. The summed E-state index contributed by atoms with van der Waals surface area (Å²) in [5.74, 6) is 0.745. The maximum Gasteiger partial charge on any atom is 0.275 e. The van der Waals surface area contributed by atoms with Gasteiger partial charge in [0.1, 0.15) is 11.2 Å². The lowest BCUT2D eigenvalue weighted by Crippen LogP contribution is -2.21. The quantitative estimate of drug-likeness (QED) is 0.421. The second-order valence-electron chi connectivity index (χ2n) is 6.85.